The summed E-state index contributed by atoms with van der Waals surface area (Å²) in [4.78, 5) is 0. The molecule has 2 aromatic rings. The monoisotopic (exact) mass is 345 g/mol. The van der Waals surface area contributed by atoms with Crippen LogP contribution in [0.4, 0.5) is 0 Å². The predicted octanol–water partition coefficient (Wildman–Crippen LogP) is 4.50. The number of ether oxygens (including phenoxy) is 1. The fourth-order valence-electron chi connectivity index (χ4n) is 2.79. The number of hydrogen-bond donors (Lipinski definition) is 1. The maximum absolute atomic E-state index is 5.85. The minimum Gasteiger partial charge on any atom is -0.493 e. The average molecular weight is 346 g/mol. The Morgan fingerprint density at radius 2 is 2.00 bits per heavy atom. The summed E-state index contributed by atoms with van der Waals surface area (Å²) in [5.74, 6) is 1.01. The van der Waals surface area contributed by atoms with Gasteiger partial charge in [-0.1, -0.05) is 52.3 Å². The van der Waals surface area contributed by atoms with Crippen LogP contribution in [0.15, 0.2) is 53.0 Å². The Labute approximate surface area is 134 Å². The zero-order chi connectivity index (χ0) is 14.5. The van der Waals surface area contributed by atoms with Crippen molar-refractivity contribution in [3.05, 3.63) is 64.1 Å². The van der Waals surface area contributed by atoms with E-state index in [0.717, 1.165) is 42.6 Å². The highest BCUT2D eigenvalue weighted by Gasteiger charge is 2.19. The summed E-state index contributed by atoms with van der Waals surface area (Å²) >= 11 is 3.52. The van der Waals surface area contributed by atoms with Crippen LogP contribution in [0.5, 0.6) is 5.75 Å². The van der Waals surface area contributed by atoms with E-state index in [1.165, 1.54) is 11.1 Å². The zero-order valence-electron chi connectivity index (χ0n) is 12.0. The Balaban J connectivity index is 1.65. The average Bonchev–Trinajstić information content (AvgIpc) is 2.70. The zero-order valence-corrected chi connectivity index (χ0v) is 13.6. The fourth-order valence-corrected chi connectivity index (χ4v) is 3.13. The number of fused-ring (bicyclic) bond motifs is 1. The van der Waals surface area contributed by atoms with Crippen molar-refractivity contribution >= 4 is 15.9 Å². The van der Waals surface area contributed by atoms with Crippen LogP contribution < -0.4 is 10.1 Å². The molecule has 0 fully saturated rings. The maximum atomic E-state index is 5.85. The van der Waals surface area contributed by atoms with Gasteiger partial charge in [-0.25, -0.2) is 0 Å². The molecule has 1 aliphatic heterocycles. The standard InChI is InChI=1S/C18H20BrNO/c19-15-8-9-16-17(7-4-12-21-18(16)13-15)20-11-10-14-5-2-1-3-6-14/h1-3,5-6,8-9,13,17,20H,4,7,10-12H2. The molecular weight excluding hydrogens is 326 g/mol. The Bertz CT molecular complexity index is 585. The normalized spacial score (nSPS) is 17.7. The van der Waals surface area contributed by atoms with Crippen LogP contribution in [-0.4, -0.2) is 13.2 Å². The highest BCUT2D eigenvalue weighted by molar-refractivity contribution is 9.10. The summed E-state index contributed by atoms with van der Waals surface area (Å²) < 4.78 is 6.93. The molecule has 21 heavy (non-hydrogen) atoms. The van der Waals surface area contributed by atoms with E-state index in [9.17, 15) is 0 Å². The van der Waals surface area contributed by atoms with Crippen molar-refractivity contribution in [3.63, 3.8) is 0 Å². The van der Waals surface area contributed by atoms with Crippen molar-refractivity contribution in [2.24, 2.45) is 0 Å². The van der Waals surface area contributed by atoms with Crippen LogP contribution in [-0.2, 0) is 6.42 Å². The van der Waals surface area contributed by atoms with Crippen molar-refractivity contribution in [2.75, 3.05) is 13.2 Å². The van der Waals surface area contributed by atoms with E-state index in [-0.39, 0.29) is 0 Å². The molecule has 3 rings (SSSR count). The van der Waals surface area contributed by atoms with Crippen LogP contribution in [0.2, 0.25) is 0 Å². The van der Waals surface area contributed by atoms with E-state index in [1.807, 2.05) is 0 Å². The predicted molar refractivity (Wildman–Crippen MR) is 89.8 cm³/mol. The van der Waals surface area contributed by atoms with Crippen molar-refractivity contribution < 1.29 is 4.74 Å². The minimum atomic E-state index is 0.388. The van der Waals surface area contributed by atoms with Gasteiger partial charge >= 0.3 is 0 Å². The van der Waals surface area contributed by atoms with Crippen molar-refractivity contribution in [1.82, 2.24) is 5.32 Å². The third-order valence-electron chi connectivity index (χ3n) is 3.89. The van der Waals surface area contributed by atoms with Gasteiger partial charge in [0.25, 0.3) is 0 Å². The van der Waals surface area contributed by atoms with E-state index in [1.54, 1.807) is 0 Å². The lowest BCUT2D eigenvalue weighted by Gasteiger charge is -2.18. The Morgan fingerprint density at radius 3 is 2.86 bits per heavy atom. The number of rotatable bonds is 4. The molecule has 3 heteroatoms. The molecule has 2 aromatic carbocycles. The smallest absolute Gasteiger partial charge is 0.125 e. The summed E-state index contributed by atoms with van der Waals surface area (Å²) in [7, 11) is 0. The van der Waals surface area contributed by atoms with Gasteiger partial charge in [0, 0.05) is 16.1 Å². The topological polar surface area (TPSA) is 21.3 Å². The quantitative estimate of drug-likeness (QED) is 0.880. The lowest BCUT2D eigenvalue weighted by Crippen LogP contribution is -2.23. The molecule has 0 bridgehead atoms. The van der Waals surface area contributed by atoms with E-state index in [0.29, 0.717) is 6.04 Å². The molecule has 0 amide bonds. The van der Waals surface area contributed by atoms with Gasteiger partial charge < -0.3 is 10.1 Å². The summed E-state index contributed by atoms with van der Waals surface area (Å²) in [5.41, 5.74) is 2.66. The Hall–Kier alpha value is -1.32. The van der Waals surface area contributed by atoms with Crippen LogP contribution in [0.1, 0.15) is 30.0 Å². The number of halogens is 1. The molecule has 1 atom stereocenters. The van der Waals surface area contributed by atoms with Gasteiger partial charge in [-0.15, -0.1) is 0 Å². The van der Waals surface area contributed by atoms with Gasteiger partial charge in [0.15, 0.2) is 0 Å². The number of benzene rings is 2. The largest absolute Gasteiger partial charge is 0.493 e. The molecule has 2 nitrogen and oxygen atoms in total. The minimum absolute atomic E-state index is 0.388. The van der Waals surface area contributed by atoms with Gasteiger partial charge in [-0.3, -0.25) is 0 Å². The van der Waals surface area contributed by atoms with E-state index >= 15 is 0 Å². The molecule has 1 aliphatic rings. The molecule has 1 heterocycles. The summed E-state index contributed by atoms with van der Waals surface area (Å²) in [6.45, 7) is 1.80. The highest BCUT2D eigenvalue weighted by Crippen LogP contribution is 2.33. The second-order valence-corrected chi connectivity index (χ2v) is 6.33. The van der Waals surface area contributed by atoms with E-state index in [2.05, 4.69) is 69.8 Å². The molecule has 0 spiro atoms. The highest BCUT2D eigenvalue weighted by atomic mass is 79.9. The first-order valence-corrected chi connectivity index (χ1v) is 8.32. The Morgan fingerprint density at radius 1 is 1.14 bits per heavy atom. The molecule has 0 radical (unpaired) electrons. The molecular formula is C18H20BrNO. The van der Waals surface area contributed by atoms with Crippen molar-refractivity contribution in [3.8, 4) is 5.75 Å². The third kappa shape index (κ3) is 3.86. The third-order valence-corrected chi connectivity index (χ3v) is 4.39. The fraction of sp³-hybridized carbons (Fsp3) is 0.333. The van der Waals surface area contributed by atoms with E-state index in [4.69, 9.17) is 4.74 Å². The molecule has 110 valence electrons. The number of nitrogens with one attached hydrogen (secondary N) is 1. The first-order valence-electron chi connectivity index (χ1n) is 7.52. The summed E-state index contributed by atoms with van der Waals surface area (Å²) in [6, 6.07) is 17.4. The van der Waals surface area contributed by atoms with Crippen LogP contribution in [0.25, 0.3) is 0 Å². The molecule has 1 N–H and O–H groups in total. The lowest BCUT2D eigenvalue weighted by molar-refractivity contribution is 0.315. The van der Waals surface area contributed by atoms with Gasteiger partial charge in [-0.2, -0.15) is 0 Å². The van der Waals surface area contributed by atoms with Gasteiger partial charge in [-0.05, 0) is 43.5 Å². The van der Waals surface area contributed by atoms with Gasteiger partial charge in [0.05, 0.1) is 6.61 Å². The van der Waals surface area contributed by atoms with Crippen LogP contribution in [0, 0.1) is 0 Å². The second-order valence-electron chi connectivity index (χ2n) is 5.42. The molecule has 0 aliphatic carbocycles. The SMILES string of the molecule is Brc1ccc2c(c1)OCCCC2NCCc1ccccc1. The number of hydrogen-bond acceptors (Lipinski definition) is 2. The lowest BCUT2D eigenvalue weighted by atomic mass is 10.0. The Kier molecular flexibility index (Phi) is 4.94. The maximum Gasteiger partial charge on any atom is 0.125 e. The summed E-state index contributed by atoms with van der Waals surface area (Å²) in [6.07, 6.45) is 3.28. The molecule has 0 saturated carbocycles. The van der Waals surface area contributed by atoms with E-state index < -0.39 is 0 Å². The molecule has 0 saturated heterocycles. The van der Waals surface area contributed by atoms with Crippen molar-refractivity contribution in [2.45, 2.75) is 25.3 Å². The van der Waals surface area contributed by atoms with Crippen LogP contribution in [0.3, 0.4) is 0 Å². The van der Waals surface area contributed by atoms with Gasteiger partial charge in [0.2, 0.25) is 0 Å². The second kappa shape index (κ2) is 7.10. The first-order chi connectivity index (χ1) is 10.3. The van der Waals surface area contributed by atoms with Crippen molar-refractivity contribution in [1.29, 1.82) is 0 Å². The molecule has 1 unspecified atom stereocenters. The molecule has 0 aromatic heterocycles. The van der Waals surface area contributed by atoms with Gasteiger partial charge in [0.1, 0.15) is 5.75 Å². The summed E-state index contributed by atoms with van der Waals surface area (Å²) in [5, 5.41) is 3.69. The first kappa shape index (κ1) is 14.6. The van der Waals surface area contributed by atoms with Crippen LogP contribution >= 0.6 is 15.9 Å².